The summed E-state index contributed by atoms with van der Waals surface area (Å²) in [5, 5.41) is 30.7. The topological polar surface area (TPSA) is 237 Å². The number of carboxylic acids is 1. The van der Waals surface area contributed by atoms with Crippen LogP contribution in [0.15, 0.2) is 33.1 Å². The smallest absolute Gasteiger partial charge is 0.481 e. The van der Waals surface area contributed by atoms with Crippen molar-refractivity contribution < 1.29 is 39.0 Å². The van der Waals surface area contributed by atoms with Gasteiger partial charge in [0.25, 0.3) is 17.6 Å². The van der Waals surface area contributed by atoms with E-state index < -0.39 is 35.4 Å². The number of hydrogen-bond acceptors (Lipinski definition) is 15. The zero-order chi connectivity index (χ0) is 30.1. The molecule has 2 aliphatic rings. The van der Waals surface area contributed by atoms with E-state index in [9.17, 15) is 24.3 Å². The van der Waals surface area contributed by atoms with Crippen LogP contribution in [0.1, 0.15) is 17.2 Å². The highest BCUT2D eigenvalue weighted by atomic mass is 32.2. The zero-order valence-corrected chi connectivity index (χ0v) is 24.2. The van der Waals surface area contributed by atoms with Crippen LogP contribution in [0, 0.1) is 6.92 Å². The van der Waals surface area contributed by atoms with E-state index in [1.807, 2.05) is 0 Å². The number of nitrogens with two attached hydrogens (primary N) is 1. The van der Waals surface area contributed by atoms with Crippen LogP contribution >= 0.6 is 34.9 Å². The van der Waals surface area contributed by atoms with Crippen LogP contribution in [-0.2, 0) is 30.4 Å². The van der Waals surface area contributed by atoms with Crippen molar-refractivity contribution in [3.05, 3.63) is 40.1 Å². The molecule has 3 aromatic heterocycles. The van der Waals surface area contributed by atoms with Crippen LogP contribution in [0.5, 0.6) is 0 Å². The fraction of sp³-hybridized carbons (Fsp3) is 0.318. The van der Waals surface area contributed by atoms with Crippen LogP contribution < -0.4 is 11.1 Å². The highest BCUT2D eigenvalue weighted by Crippen LogP contribution is 2.42. The molecule has 20 heteroatoms. The fourth-order valence-electron chi connectivity index (χ4n) is 4.08. The van der Waals surface area contributed by atoms with Gasteiger partial charge in [0.2, 0.25) is 5.88 Å². The molecular formula is C22H21N9O8S3. The number of aliphatic carboxylic acids is 1. The number of β-lactam (4-membered cyclic amide) rings is 1. The van der Waals surface area contributed by atoms with Gasteiger partial charge in [-0.15, -0.1) is 40.0 Å². The molecule has 0 aromatic carbocycles. The number of carbonyl (C=O) groups excluding carboxylic acids is 2. The molecule has 5 heterocycles. The number of nitrogen functional groups attached to an aromatic ring is 1. The number of anilines is 1. The lowest BCUT2D eigenvalue weighted by molar-refractivity contribution is -0.148. The number of rotatable bonds is 10. The molecule has 5 N–H and O–H groups in total. The van der Waals surface area contributed by atoms with Crippen molar-refractivity contribution in [1.29, 1.82) is 0 Å². The van der Waals surface area contributed by atoms with E-state index in [-0.39, 0.29) is 51.9 Å². The fourth-order valence-corrected chi connectivity index (χ4v) is 7.13. The van der Waals surface area contributed by atoms with Crippen LogP contribution in [-0.4, -0.2) is 99.4 Å². The van der Waals surface area contributed by atoms with E-state index in [0.29, 0.717) is 16.3 Å². The first-order valence-electron chi connectivity index (χ1n) is 11.8. The highest BCUT2D eigenvalue weighted by molar-refractivity contribution is 8.01. The first-order valence-corrected chi connectivity index (χ1v) is 14.8. The Balaban J connectivity index is 1.35. The number of aryl methyl sites for hydroxylation is 1. The molecule has 17 nitrogen and oxygen atoms in total. The molecule has 2 aliphatic heterocycles. The van der Waals surface area contributed by atoms with E-state index in [1.165, 1.54) is 45.4 Å². The Labute approximate surface area is 248 Å². The van der Waals surface area contributed by atoms with Crippen molar-refractivity contribution in [3.63, 3.8) is 0 Å². The van der Waals surface area contributed by atoms with Crippen molar-refractivity contribution >= 4 is 75.4 Å². The number of thiazole rings is 1. The minimum Gasteiger partial charge on any atom is -0.481 e. The third-order valence-electron chi connectivity index (χ3n) is 5.78. The Kier molecular flexibility index (Phi) is 8.18. The van der Waals surface area contributed by atoms with Gasteiger partial charge in [-0.2, -0.15) is 9.50 Å². The van der Waals surface area contributed by atoms with Gasteiger partial charge < -0.3 is 30.8 Å². The number of fused-ring (bicyclic) bond motifs is 2. The number of nitrogens with one attached hydrogen (secondary N) is 1. The SMILES string of the molecule is CO/N=C(\C(=O)N[C@@H]1C(=O)N2C(OC(=O)O)=C(CSc3cc(C)nc4nc(CC(=O)O)nn34)CS[C@H]12)c1csc(N)n1. The van der Waals surface area contributed by atoms with Crippen molar-refractivity contribution in [3.8, 4) is 0 Å². The summed E-state index contributed by atoms with van der Waals surface area (Å²) in [5.41, 5.74) is 6.78. The number of carboxylic acid groups (broad SMARTS) is 2. The zero-order valence-electron chi connectivity index (χ0n) is 21.7. The predicted octanol–water partition coefficient (Wildman–Crippen LogP) is 0.547. The predicted molar refractivity (Wildman–Crippen MR) is 149 cm³/mol. The quantitative estimate of drug-likeness (QED) is 0.0594. The molecular weight excluding hydrogens is 614 g/mol. The Morgan fingerprint density at radius 3 is 2.74 bits per heavy atom. The second-order valence-electron chi connectivity index (χ2n) is 8.67. The Bertz CT molecular complexity index is 1670. The van der Waals surface area contributed by atoms with Gasteiger partial charge in [0, 0.05) is 28.2 Å². The number of ether oxygens (including phenoxy) is 1. The molecule has 0 radical (unpaired) electrons. The summed E-state index contributed by atoms with van der Waals surface area (Å²) < 4.78 is 6.46. The number of thioether (sulfide) groups is 2. The third-order valence-corrected chi connectivity index (χ3v) is 8.87. The summed E-state index contributed by atoms with van der Waals surface area (Å²) >= 11 is 3.67. The number of amides is 2. The lowest BCUT2D eigenvalue weighted by Gasteiger charge is -2.49. The van der Waals surface area contributed by atoms with Crippen molar-refractivity contribution in [2.24, 2.45) is 5.16 Å². The van der Waals surface area contributed by atoms with Crippen LogP contribution in [0.25, 0.3) is 5.78 Å². The van der Waals surface area contributed by atoms with Crippen LogP contribution in [0.2, 0.25) is 0 Å². The molecule has 1 saturated heterocycles. The lowest BCUT2D eigenvalue weighted by atomic mass is 10.1. The van der Waals surface area contributed by atoms with E-state index in [2.05, 4.69) is 30.5 Å². The standard InChI is InChI=1S/C22H21N9O8S3/c1-8-3-12(31-21(24-8)26-11(28-31)4-13(32)33)40-5-9-6-41-19-15(17(35)30(19)18(9)39-22(36)37)27-16(34)14(29-38-2)10-7-42-20(23)25-10/h3,7,15,19H,4-6H2,1-2H3,(H2,23,25)(H,27,34)(H,32,33)(H,36,37)/b29-14-/t15-,19-/m1/s1. The average Bonchev–Trinajstić information content (AvgIpc) is 3.53. The third kappa shape index (κ3) is 5.81. The minimum absolute atomic E-state index is 0.0869. The summed E-state index contributed by atoms with van der Waals surface area (Å²) in [6.45, 7) is 1.74. The molecule has 5 rings (SSSR count). The Morgan fingerprint density at radius 1 is 1.29 bits per heavy atom. The molecule has 0 aliphatic carbocycles. The van der Waals surface area contributed by atoms with E-state index in [1.54, 1.807) is 13.0 Å². The summed E-state index contributed by atoms with van der Waals surface area (Å²) in [7, 11) is 1.26. The first kappa shape index (κ1) is 29.1. The first-order chi connectivity index (χ1) is 20.0. The van der Waals surface area contributed by atoms with Crippen molar-refractivity contribution in [2.75, 3.05) is 24.3 Å². The largest absolute Gasteiger partial charge is 0.512 e. The second kappa shape index (κ2) is 11.8. The molecule has 1 fully saturated rings. The number of nitrogens with zero attached hydrogens (tertiary/aromatic N) is 7. The van der Waals surface area contributed by atoms with Crippen LogP contribution in [0.3, 0.4) is 0 Å². The summed E-state index contributed by atoms with van der Waals surface area (Å²) in [6, 6.07) is 0.732. The summed E-state index contributed by atoms with van der Waals surface area (Å²) in [6.07, 6.45) is -1.98. The molecule has 0 saturated carbocycles. The Morgan fingerprint density at radius 2 is 2.07 bits per heavy atom. The lowest BCUT2D eigenvalue weighted by Crippen LogP contribution is -2.70. The Hall–Kier alpha value is -4.43. The van der Waals surface area contributed by atoms with Gasteiger partial charge >= 0.3 is 12.1 Å². The summed E-state index contributed by atoms with van der Waals surface area (Å²) in [4.78, 5) is 67.2. The molecule has 42 heavy (non-hydrogen) atoms. The average molecular weight is 636 g/mol. The van der Waals surface area contributed by atoms with Gasteiger partial charge in [-0.1, -0.05) is 5.16 Å². The van der Waals surface area contributed by atoms with Gasteiger partial charge in [-0.25, -0.2) is 14.8 Å². The number of aromatic nitrogens is 5. The van der Waals surface area contributed by atoms with Crippen LogP contribution in [0.4, 0.5) is 9.93 Å². The van der Waals surface area contributed by atoms with E-state index >= 15 is 0 Å². The maximum Gasteiger partial charge on any atom is 0.512 e. The van der Waals surface area contributed by atoms with Gasteiger partial charge in [0.05, 0.1) is 0 Å². The summed E-state index contributed by atoms with van der Waals surface area (Å²) in [5.74, 6) is -1.74. The number of hydrogen-bond donors (Lipinski definition) is 4. The molecule has 3 aromatic rings. The van der Waals surface area contributed by atoms with Gasteiger partial charge in [-0.05, 0) is 13.0 Å². The molecule has 0 spiro atoms. The maximum absolute atomic E-state index is 13.2. The normalized spacial score (nSPS) is 18.5. The number of carbonyl (C=O) groups is 4. The van der Waals surface area contributed by atoms with Gasteiger partial charge in [0.15, 0.2) is 16.7 Å². The molecule has 0 unspecified atom stereocenters. The van der Waals surface area contributed by atoms with E-state index in [4.69, 9.17) is 20.4 Å². The molecule has 220 valence electrons. The molecule has 2 atom stereocenters. The monoisotopic (exact) mass is 635 g/mol. The van der Waals surface area contributed by atoms with E-state index in [0.717, 1.165) is 11.3 Å². The highest BCUT2D eigenvalue weighted by Gasteiger charge is 2.54. The van der Waals surface area contributed by atoms with Gasteiger partial charge in [0.1, 0.15) is 35.7 Å². The minimum atomic E-state index is -1.61. The maximum atomic E-state index is 13.2. The van der Waals surface area contributed by atoms with Crippen molar-refractivity contribution in [2.45, 2.75) is 29.8 Å². The molecule has 0 bridgehead atoms. The number of oxime groups is 1. The molecule has 2 amide bonds. The van der Waals surface area contributed by atoms with Gasteiger partial charge in [-0.3, -0.25) is 19.3 Å². The van der Waals surface area contributed by atoms with Crippen molar-refractivity contribution in [1.82, 2.24) is 34.8 Å². The second-order valence-corrected chi connectivity index (χ2v) is 11.7.